The highest BCUT2D eigenvalue weighted by Crippen LogP contribution is 2.08. The lowest BCUT2D eigenvalue weighted by Crippen LogP contribution is -2.04. The van der Waals surface area contributed by atoms with E-state index in [2.05, 4.69) is 0 Å². The topological polar surface area (TPSA) is 60.2 Å². The fourth-order valence-electron chi connectivity index (χ4n) is 1.09. The van der Waals surface area contributed by atoms with Gasteiger partial charge in [-0.1, -0.05) is 30.4 Å². The van der Waals surface area contributed by atoms with Crippen molar-refractivity contribution in [2.75, 3.05) is 6.26 Å². The van der Waals surface area contributed by atoms with Gasteiger partial charge in [-0.3, -0.25) is 9.00 Å². The number of allylic oxidation sites excluding steroid dienone is 2. The zero-order valence-electron chi connectivity index (χ0n) is 8.92. The lowest BCUT2D eigenvalue weighted by Gasteiger charge is -1.96. The summed E-state index contributed by atoms with van der Waals surface area (Å²) in [5, 5.41) is 0. The number of hydrogen-bond donors (Lipinski definition) is 1. The highest BCUT2D eigenvalue weighted by Gasteiger charge is 1.94. The van der Waals surface area contributed by atoms with Gasteiger partial charge in [0.05, 0.1) is 0 Å². The maximum atomic E-state index is 11.1. The van der Waals surface area contributed by atoms with Crippen molar-refractivity contribution in [3.05, 3.63) is 48.1 Å². The van der Waals surface area contributed by atoms with Crippen LogP contribution in [-0.4, -0.2) is 16.4 Å². The molecule has 2 N–H and O–H groups in total. The molecule has 16 heavy (non-hydrogen) atoms. The van der Waals surface area contributed by atoms with Crippen molar-refractivity contribution < 1.29 is 9.00 Å². The molecular weight excluding hydrogens is 222 g/mol. The Morgan fingerprint density at radius 3 is 2.38 bits per heavy atom. The van der Waals surface area contributed by atoms with E-state index in [0.29, 0.717) is 0 Å². The quantitative estimate of drug-likeness (QED) is 0.634. The van der Waals surface area contributed by atoms with E-state index in [1.165, 1.54) is 6.08 Å². The number of nitrogens with two attached hydrogens (primary N) is 1. The summed E-state index contributed by atoms with van der Waals surface area (Å²) in [7, 11) is -0.950. The van der Waals surface area contributed by atoms with Crippen LogP contribution < -0.4 is 5.73 Å². The van der Waals surface area contributed by atoms with Crippen molar-refractivity contribution in [3.8, 4) is 0 Å². The van der Waals surface area contributed by atoms with Gasteiger partial charge in [-0.25, -0.2) is 0 Å². The van der Waals surface area contributed by atoms with Gasteiger partial charge < -0.3 is 5.73 Å². The first-order valence-electron chi connectivity index (χ1n) is 4.67. The van der Waals surface area contributed by atoms with Crippen molar-refractivity contribution in [1.29, 1.82) is 0 Å². The minimum Gasteiger partial charge on any atom is -0.366 e. The van der Waals surface area contributed by atoms with Crippen LogP contribution in [0.2, 0.25) is 0 Å². The number of primary amides is 1. The molecule has 0 aliphatic carbocycles. The van der Waals surface area contributed by atoms with Crippen LogP contribution in [0.4, 0.5) is 0 Å². The Balaban J connectivity index is 2.69. The van der Waals surface area contributed by atoms with Crippen molar-refractivity contribution in [2.45, 2.75) is 4.90 Å². The summed E-state index contributed by atoms with van der Waals surface area (Å²) in [4.78, 5) is 11.2. The molecule has 4 heteroatoms. The first-order chi connectivity index (χ1) is 7.59. The number of carbonyl (C=O) groups is 1. The van der Waals surface area contributed by atoms with Crippen LogP contribution in [0.1, 0.15) is 5.56 Å². The van der Waals surface area contributed by atoms with Gasteiger partial charge in [0.25, 0.3) is 0 Å². The molecule has 1 aromatic carbocycles. The van der Waals surface area contributed by atoms with Gasteiger partial charge in [0.1, 0.15) is 0 Å². The van der Waals surface area contributed by atoms with Crippen LogP contribution >= 0.6 is 0 Å². The molecule has 0 bridgehead atoms. The van der Waals surface area contributed by atoms with E-state index in [9.17, 15) is 9.00 Å². The molecule has 0 aliphatic heterocycles. The summed E-state index contributed by atoms with van der Waals surface area (Å²) in [6, 6.07) is 7.36. The fraction of sp³-hybridized carbons (Fsp3) is 0.0833. The third kappa shape index (κ3) is 4.23. The Hall–Kier alpha value is -1.68. The van der Waals surface area contributed by atoms with Crippen molar-refractivity contribution in [1.82, 2.24) is 0 Å². The average molecular weight is 235 g/mol. The van der Waals surface area contributed by atoms with Crippen molar-refractivity contribution >= 4 is 22.8 Å². The van der Waals surface area contributed by atoms with Gasteiger partial charge in [-0.2, -0.15) is 0 Å². The van der Waals surface area contributed by atoms with Crippen LogP contribution in [0, 0.1) is 0 Å². The van der Waals surface area contributed by atoms with Crippen LogP contribution in [0.3, 0.4) is 0 Å². The first-order valence-corrected chi connectivity index (χ1v) is 6.23. The lowest BCUT2D eigenvalue weighted by molar-refractivity contribution is -0.113. The molecule has 0 radical (unpaired) electrons. The zero-order chi connectivity index (χ0) is 12.0. The first kappa shape index (κ1) is 12.4. The summed E-state index contributed by atoms with van der Waals surface area (Å²) in [5.74, 6) is -0.471. The minimum atomic E-state index is -0.950. The Bertz CT molecular complexity index is 447. The smallest absolute Gasteiger partial charge is 0.241 e. The summed E-state index contributed by atoms with van der Waals surface area (Å²) in [5.41, 5.74) is 5.91. The second-order valence-corrected chi connectivity index (χ2v) is 4.52. The Morgan fingerprint density at radius 1 is 1.25 bits per heavy atom. The number of amides is 1. The highest BCUT2D eigenvalue weighted by atomic mass is 32.2. The van der Waals surface area contributed by atoms with Crippen LogP contribution in [0.25, 0.3) is 6.08 Å². The summed E-state index contributed by atoms with van der Waals surface area (Å²) in [6.07, 6.45) is 8.06. The van der Waals surface area contributed by atoms with E-state index in [-0.39, 0.29) is 0 Å². The van der Waals surface area contributed by atoms with Crippen molar-refractivity contribution in [3.63, 3.8) is 0 Å². The van der Waals surface area contributed by atoms with Gasteiger partial charge in [-0.15, -0.1) is 0 Å². The third-order valence-corrected chi connectivity index (χ3v) is 2.81. The van der Waals surface area contributed by atoms with Gasteiger partial charge in [0, 0.05) is 28.0 Å². The third-order valence-electron chi connectivity index (χ3n) is 1.87. The maximum absolute atomic E-state index is 11.1. The predicted molar refractivity (Wildman–Crippen MR) is 66.1 cm³/mol. The van der Waals surface area contributed by atoms with E-state index in [1.807, 2.05) is 30.3 Å². The van der Waals surface area contributed by atoms with Crippen LogP contribution in [0.5, 0.6) is 0 Å². The summed E-state index contributed by atoms with van der Waals surface area (Å²) >= 11 is 0. The fourth-order valence-corrected chi connectivity index (χ4v) is 1.61. The Morgan fingerprint density at radius 2 is 1.88 bits per heavy atom. The molecule has 3 nitrogen and oxygen atoms in total. The SMILES string of the molecule is CS(=O)c1ccc(/C=C/C=C/C(N)=O)cc1. The van der Waals surface area contributed by atoms with Crippen LogP contribution in [-0.2, 0) is 15.6 Å². The molecule has 1 atom stereocenters. The molecule has 0 saturated heterocycles. The number of benzene rings is 1. The summed E-state index contributed by atoms with van der Waals surface area (Å²) < 4.78 is 11.1. The largest absolute Gasteiger partial charge is 0.366 e. The average Bonchev–Trinajstić information content (AvgIpc) is 2.25. The van der Waals surface area contributed by atoms with Crippen LogP contribution in [0.15, 0.2) is 47.4 Å². The van der Waals surface area contributed by atoms with E-state index < -0.39 is 16.7 Å². The Kier molecular flexibility index (Phi) is 4.66. The molecule has 0 aliphatic rings. The second-order valence-electron chi connectivity index (χ2n) is 3.14. The molecule has 1 aromatic rings. The van der Waals surface area contributed by atoms with E-state index in [4.69, 9.17) is 5.73 Å². The molecule has 84 valence electrons. The predicted octanol–water partition coefficient (Wildman–Crippen LogP) is 1.48. The molecule has 0 saturated carbocycles. The van der Waals surface area contributed by atoms with E-state index in [0.717, 1.165) is 10.5 Å². The second kappa shape index (κ2) is 6.02. The van der Waals surface area contributed by atoms with Gasteiger partial charge >= 0.3 is 0 Å². The van der Waals surface area contributed by atoms with Gasteiger partial charge in [0.15, 0.2) is 0 Å². The molecule has 0 aromatic heterocycles. The molecule has 0 fully saturated rings. The standard InChI is InChI=1S/C12H13NO2S/c1-16(15)11-8-6-10(7-9-11)4-2-3-5-12(13)14/h2-9H,1H3,(H2,13,14)/b4-2+,5-3+. The summed E-state index contributed by atoms with van der Waals surface area (Å²) in [6.45, 7) is 0. The monoisotopic (exact) mass is 235 g/mol. The Labute approximate surface area is 97.1 Å². The molecule has 1 amide bonds. The van der Waals surface area contributed by atoms with Gasteiger partial charge in [0.2, 0.25) is 5.91 Å². The van der Waals surface area contributed by atoms with Crippen molar-refractivity contribution in [2.24, 2.45) is 5.73 Å². The molecule has 1 unspecified atom stereocenters. The number of carbonyl (C=O) groups excluding carboxylic acids is 1. The van der Waals surface area contributed by atoms with Gasteiger partial charge in [-0.05, 0) is 17.7 Å². The molecule has 1 rings (SSSR count). The number of hydrogen-bond acceptors (Lipinski definition) is 2. The normalized spacial score (nSPS) is 13.3. The maximum Gasteiger partial charge on any atom is 0.241 e. The zero-order valence-corrected chi connectivity index (χ0v) is 9.74. The van der Waals surface area contributed by atoms with E-state index >= 15 is 0 Å². The molecular formula is C12H13NO2S. The molecule has 0 heterocycles. The highest BCUT2D eigenvalue weighted by molar-refractivity contribution is 7.84. The lowest BCUT2D eigenvalue weighted by atomic mass is 10.2. The van der Waals surface area contributed by atoms with E-state index in [1.54, 1.807) is 18.4 Å². The minimum absolute atomic E-state index is 0.471. The number of rotatable bonds is 4. The molecule has 0 spiro atoms.